The molecule has 0 atom stereocenters. The number of hydrogen-bond donors (Lipinski definition) is 1. The van der Waals surface area contributed by atoms with Gasteiger partial charge in [0, 0.05) is 19.3 Å². The molecule has 1 N–H and O–H groups in total. The van der Waals surface area contributed by atoms with Crippen LogP contribution in [-0.2, 0) is 0 Å². The molecule has 3 rings (SSSR count). The van der Waals surface area contributed by atoms with E-state index in [1.54, 1.807) is 6.33 Å². The number of likely N-dealkylation sites (tertiary alicyclic amines) is 1. The second-order valence-corrected chi connectivity index (χ2v) is 4.60. The summed E-state index contributed by atoms with van der Waals surface area (Å²) in [4.78, 5) is 12.3. The number of carboxylic acid groups (broad SMARTS) is 1. The summed E-state index contributed by atoms with van der Waals surface area (Å²) in [6.45, 7) is 1.22. The number of piperidine rings is 1. The maximum absolute atomic E-state index is 10.8. The van der Waals surface area contributed by atoms with Gasteiger partial charge in [-0.1, -0.05) is 0 Å². The highest BCUT2D eigenvalue weighted by Gasteiger charge is 2.23. The van der Waals surface area contributed by atoms with Crippen molar-refractivity contribution < 1.29 is 9.90 Å². The van der Waals surface area contributed by atoms with Crippen LogP contribution in [0.3, 0.4) is 0 Å². The van der Waals surface area contributed by atoms with Crippen molar-refractivity contribution in [2.75, 3.05) is 13.1 Å². The third-order valence-corrected chi connectivity index (χ3v) is 3.56. The molecule has 2 aromatic rings. The highest BCUT2D eigenvalue weighted by atomic mass is 16.4. The van der Waals surface area contributed by atoms with Gasteiger partial charge in [-0.05, 0) is 36.5 Å². The van der Waals surface area contributed by atoms with Gasteiger partial charge in [0.1, 0.15) is 6.33 Å². The second kappa shape index (κ2) is 4.29. The molecule has 94 valence electrons. The fourth-order valence-electron chi connectivity index (χ4n) is 2.49. The van der Waals surface area contributed by atoms with Gasteiger partial charge in [0.2, 0.25) is 0 Å². The van der Waals surface area contributed by atoms with Gasteiger partial charge in [0.05, 0.1) is 0 Å². The van der Waals surface area contributed by atoms with Crippen LogP contribution in [-0.4, -0.2) is 43.8 Å². The van der Waals surface area contributed by atoms with Crippen LogP contribution in [0.15, 0.2) is 24.7 Å². The van der Waals surface area contributed by atoms with Crippen molar-refractivity contribution in [2.45, 2.75) is 18.8 Å². The molecule has 2 aromatic heterocycles. The van der Waals surface area contributed by atoms with E-state index in [1.165, 1.54) is 10.5 Å². The molecule has 6 heteroatoms. The van der Waals surface area contributed by atoms with Gasteiger partial charge in [0.25, 0.3) is 0 Å². The van der Waals surface area contributed by atoms with Gasteiger partial charge in [-0.2, -0.15) is 0 Å². The van der Waals surface area contributed by atoms with E-state index in [4.69, 9.17) is 5.11 Å². The Morgan fingerprint density at radius 2 is 2.17 bits per heavy atom. The molecule has 1 amide bonds. The molecule has 0 aliphatic carbocycles. The summed E-state index contributed by atoms with van der Waals surface area (Å²) in [5.74, 6) is 0.419. The standard InChI is InChI=1S/C12H14N4O2/c17-12(18)15-4-1-9(2-5-15)10-3-6-16-8-13-14-11(16)7-10/h3,6-9H,1-2,4-5H2,(H,17,18). The highest BCUT2D eigenvalue weighted by Crippen LogP contribution is 2.28. The molecule has 0 spiro atoms. The zero-order valence-electron chi connectivity index (χ0n) is 9.86. The van der Waals surface area contributed by atoms with E-state index >= 15 is 0 Å². The van der Waals surface area contributed by atoms with Crippen LogP contribution >= 0.6 is 0 Å². The molecule has 0 bridgehead atoms. The number of nitrogens with zero attached hydrogens (tertiary/aromatic N) is 4. The predicted octanol–water partition coefficient (Wildman–Crippen LogP) is 1.59. The Balaban J connectivity index is 1.77. The first kappa shape index (κ1) is 11.0. The topological polar surface area (TPSA) is 70.7 Å². The van der Waals surface area contributed by atoms with Gasteiger partial charge in [-0.25, -0.2) is 4.79 Å². The number of aromatic nitrogens is 3. The minimum absolute atomic E-state index is 0.419. The largest absolute Gasteiger partial charge is 0.465 e. The summed E-state index contributed by atoms with van der Waals surface area (Å²) in [5, 5.41) is 16.8. The maximum Gasteiger partial charge on any atom is 0.407 e. The molecular weight excluding hydrogens is 232 g/mol. The Morgan fingerprint density at radius 3 is 2.89 bits per heavy atom. The normalized spacial score (nSPS) is 17.2. The smallest absolute Gasteiger partial charge is 0.407 e. The highest BCUT2D eigenvalue weighted by molar-refractivity contribution is 5.65. The van der Waals surface area contributed by atoms with E-state index < -0.39 is 6.09 Å². The summed E-state index contributed by atoms with van der Waals surface area (Å²) in [6, 6.07) is 4.10. The molecule has 1 aliphatic heterocycles. The molecule has 1 aliphatic rings. The number of amides is 1. The number of rotatable bonds is 1. The third kappa shape index (κ3) is 1.90. The minimum Gasteiger partial charge on any atom is -0.465 e. The zero-order chi connectivity index (χ0) is 12.5. The van der Waals surface area contributed by atoms with Crippen LogP contribution in [0.1, 0.15) is 24.3 Å². The Hall–Kier alpha value is -2.11. The summed E-state index contributed by atoms with van der Waals surface area (Å²) in [5.41, 5.74) is 2.06. The first-order valence-electron chi connectivity index (χ1n) is 6.01. The van der Waals surface area contributed by atoms with E-state index in [1.807, 2.05) is 16.7 Å². The zero-order valence-corrected chi connectivity index (χ0v) is 9.86. The van der Waals surface area contributed by atoms with E-state index in [9.17, 15) is 4.79 Å². The van der Waals surface area contributed by atoms with Crippen LogP contribution in [0, 0.1) is 0 Å². The maximum atomic E-state index is 10.8. The Bertz CT molecular complexity index is 572. The number of carbonyl (C=O) groups is 1. The van der Waals surface area contributed by atoms with Crippen molar-refractivity contribution in [1.29, 1.82) is 0 Å². The summed E-state index contributed by atoms with van der Waals surface area (Å²) in [6.07, 6.45) is 4.55. The fraction of sp³-hybridized carbons (Fsp3) is 0.417. The molecule has 0 radical (unpaired) electrons. The van der Waals surface area contributed by atoms with Gasteiger partial charge < -0.3 is 10.0 Å². The van der Waals surface area contributed by atoms with Crippen molar-refractivity contribution in [3.8, 4) is 0 Å². The van der Waals surface area contributed by atoms with Gasteiger partial charge in [-0.3, -0.25) is 4.40 Å². The van der Waals surface area contributed by atoms with Crippen molar-refractivity contribution in [3.05, 3.63) is 30.2 Å². The van der Waals surface area contributed by atoms with Crippen molar-refractivity contribution in [2.24, 2.45) is 0 Å². The molecule has 6 nitrogen and oxygen atoms in total. The van der Waals surface area contributed by atoms with E-state index in [-0.39, 0.29) is 0 Å². The van der Waals surface area contributed by atoms with Crippen molar-refractivity contribution >= 4 is 11.7 Å². The predicted molar refractivity (Wildman–Crippen MR) is 64.6 cm³/mol. The quantitative estimate of drug-likeness (QED) is 0.829. The Morgan fingerprint density at radius 1 is 1.39 bits per heavy atom. The third-order valence-electron chi connectivity index (χ3n) is 3.56. The van der Waals surface area contributed by atoms with Crippen molar-refractivity contribution in [1.82, 2.24) is 19.5 Å². The van der Waals surface area contributed by atoms with Crippen LogP contribution < -0.4 is 0 Å². The lowest BCUT2D eigenvalue weighted by Crippen LogP contribution is -2.36. The number of hydrogen-bond acceptors (Lipinski definition) is 3. The molecule has 3 heterocycles. The molecule has 1 fully saturated rings. The lowest BCUT2D eigenvalue weighted by atomic mass is 9.90. The number of pyridine rings is 1. The monoisotopic (exact) mass is 246 g/mol. The molecule has 0 unspecified atom stereocenters. The fourth-order valence-corrected chi connectivity index (χ4v) is 2.49. The average Bonchev–Trinajstić information content (AvgIpc) is 2.86. The lowest BCUT2D eigenvalue weighted by Gasteiger charge is -2.30. The van der Waals surface area contributed by atoms with Crippen LogP contribution in [0.25, 0.3) is 5.65 Å². The van der Waals surface area contributed by atoms with Crippen LogP contribution in [0.5, 0.6) is 0 Å². The Kier molecular flexibility index (Phi) is 2.62. The van der Waals surface area contributed by atoms with Crippen molar-refractivity contribution in [3.63, 3.8) is 0 Å². The molecule has 0 saturated carbocycles. The van der Waals surface area contributed by atoms with Gasteiger partial charge in [-0.15, -0.1) is 10.2 Å². The number of fused-ring (bicyclic) bond motifs is 1. The SMILES string of the molecule is O=C(O)N1CCC(c2ccn3cnnc3c2)CC1. The molecule has 18 heavy (non-hydrogen) atoms. The summed E-state index contributed by atoms with van der Waals surface area (Å²) in [7, 11) is 0. The molecular formula is C12H14N4O2. The van der Waals surface area contributed by atoms with E-state index in [0.717, 1.165) is 18.5 Å². The van der Waals surface area contributed by atoms with Crippen LogP contribution in [0.4, 0.5) is 4.79 Å². The van der Waals surface area contributed by atoms with Gasteiger partial charge >= 0.3 is 6.09 Å². The first-order valence-corrected chi connectivity index (χ1v) is 6.01. The molecule has 1 saturated heterocycles. The lowest BCUT2D eigenvalue weighted by molar-refractivity contribution is 0.132. The Labute approximate surface area is 104 Å². The second-order valence-electron chi connectivity index (χ2n) is 4.60. The van der Waals surface area contributed by atoms with E-state index in [2.05, 4.69) is 16.3 Å². The van der Waals surface area contributed by atoms with Crippen LogP contribution in [0.2, 0.25) is 0 Å². The summed E-state index contributed by atoms with van der Waals surface area (Å²) < 4.78 is 1.87. The average molecular weight is 246 g/mol. The minimum atomic E-state index is -0.818. The summed E-state index contributed by atoms with van der Waals surface area (Å²) >= 11 is 0. The van der Waals surface area contributed by atoms with E-state index in [0.29, 0.717) is 19.0 Å². The van der Waals surface area contributed by atoms with Gasteiger partial charge in [0.15, 0.2) is 5.65 Å². The molecule has 0 aromatic carbocycles. The first-order chi connectivity index (χ1) is 8.74.